The molecule has 2 aliphatic rings. The first-order chi connectivity index (χ1) is 26.4. The molecule has 0 spiro atoms. The number of fused-ring (bicyclic) bond motifs is 10. The van der Waals surface area contributed by atoms with Gasteiger partial charge in [0.25, 0.3) is 0 Å². The lowest BCUT2D eigenvalue weighted by Crippen LogP contribution is -2.30. The zero-order valence-corrected chi connectivity index (χ0v) is 32.5. The van der Waals surface area contributed by atoms with Gasteiger partial charge < -0.3 is 0 Å². The van der Waals surface area contributed by atoms with E-state index in [1.165, 1.54) is 109 Å². The molecule has 0 nitrogen and oxygen atoms in total. The Balaban J connectivity index is 1.36. The summed E-state index contributed by atoms with van der Waals surface area (Å²) < 4.78 is 2.73. The van der Waals surface area contributed by atoms with E-state index in [9.17, 15) is 0 Å². The molecule has 2 aromatic heterocycles. The second-order valence-corrected chi connectivity index (χ2v) is 17.4. The van der Waals surface area contributed by atoms with Gasteiger partial charge >= 0.3 is 0 Å². The third-order valence-corrected chi connectivity index (χ3v) is 14.4. The van der Waals surface area contributed by atoms with Crippen molar-refractivity contribution in [1.29, 1.82) is 0 Å². The first-order valence-corrected chi connectivity index (χ1v) is 20.6. The van der Waals surface area contributed by atoms with Crippen molar-refractivity contribution >= 4 is 42.8 Å². The third-order valence-electron chi connectivity index (χ3n) is 12.5. The summed E-state index contributed by atoms with van der Waals surface area (Å²) in [5.41, 5.74) is 20.2. The van der Waals surface area contributed by atoms with Gasteiger partial charge in [-0.05, 0) is 129 Å². The highest BCUT2D eigenvalue weighted by molar-refractivity contribution is 7.18. The van der Waals surface area contributed by atoms with E-state index in [-0.39, 0.29) is 0 Å². The van der Waals surface area contributed by atoms with Gasteiger partial charge in [0.2, 0.25) is 0 Å². The summed E-state index contributed by atoms with van der Waals surface area (Å²) in [6.07, 6.45) is 0. The van der Waals surface area contributed by atoms with Gasteiger partial charge in [-0.3, -0.25) is 0 Å². The smallest absolute Gasteiger partial charge is 0.0714 e. The second kappa shape index (κ2) is 11.5. The summed E-state index contributed by atoms with van der Waals surface area (Å²) in [4.78, 5) is 0. The number of benzene rings is 7. The molecule has 9 aromatic rings. The molecule has 0 aliphatic heterocycles. The minimum Gasteiger partial charge on any atom is -0.143 e. The van der Waals surface area contributed by atoms with Crippen LogP contribution in [0.25, 0.3) is 42.4 Å². The predicted molar refractivity (Wildman–Crippen MR) is 231 cm³/mol. The lowest BCUT2D eigenvalue weighted by atomic mass is 9.65. The number of rotatable bonds is 4. The Kier molecular flexibility index (Phi) is 6.79. The predicted octanol–water partition coefficient (Wildman–Crippen LogP) is 14.1. The average Bonchev–Trinajstić information content (AvgIpc) is 3.98. The molecule has 7 aromatic carbocycles. The number of hydrogen-bond donors (Lipinski definition) is 0. The van der Waals surface area contributed by atoms with Gasteiger partial charge in [-0.2, -0.15) is 0 Å². The molecule has 11 rings (SSSR count). The zero-order valence-electron chi connectivity index (χ0n) is 30.8. The van der Waals surface area contributed by atoms with Gasteiger partial charge in [0.15, 0.2) is 0 Å². The maximum absolute atomic E-state index is 2.63. The van der Waals surface area contributed by atoms with Crippen LogP contribution in [0.1, 0.15) is 66.8 Å². The monoisotopic (exact) mass is 726 g/mol. The average molecular weight is 727 g/mol. The Morgan fingerprint density at radius 3 is 0.963 bits per heavy atom. The molecule has 54 heavy (non-hydrogen) atoms. The molecule has 0 saturated carbocycles. The highest BCUT2D eigenvalue weighted by atomic mass is 32.1. The Bertz CT molecular complexity index is 2640. The molecule has 0 amide bonds. The van der Waals surface area contributed by atoms with E-state index in [1.807, 2.05) is 22.7 Å². The van der Waals surface area contributed by atoms with Crippen molar-refractivity contribution in [2.24, 2.45) is 0 Å². The van der Waals surface area contributed by atoms with Crippen molar-refractivity contribution in [2.45, 2.75) is 38.5 Å². The summed E-state index contributed by atoms with van der Waals surface area (Å²) in [6, 6.07) is 56.9. The highest BCUT2D eigenvalue weighted by Crippen LogP contribution is 2.64. The second-order valence-electron chi connectivity index (χ2n) is 15.6. The summed E-state index contributed by atoms with van der Waals surface area (Å²) in [6.45, 7) is 8.78. The lowest BCUT2D eigenvalue weighted by molar-refractivity contribution is 0.758. The van der Waals surface area contributed by atoms with Crippen molar-refractivity contribution in [3.63, 3.8) is 0 Å². The Labute approximate surface area is 325 Å². The standard InChI is InChI=1S/C52H38S2/c1-31-5-15-37(16-6-31)51(38-17-7-32(2)8-18-38)43-23-13-35-25-27-53-49(35)47(43)41-30-46-42(29-45(41)51)48-44(24-14-36-26-28-54-50(36)48)52(46,39-19-9-33(3)10-20-39)40-21-11-34(4)12-22-40/h5-30H,1-4H3. The first-order valence-electron chi connectivity index (χ1n) is 18.9. The van der Waals surface area contributed by atoms with Crippen LogP contribution < -0.4 is 0 Å². The van der Waals surface area contributed by atoms with Gasteiger partial charge in [-0.15, -0.1) is 22.7 Å². The largest absolute Gasteiger partial charge is 0.143 e. The molecule has 0 bridgehead atoms. The molecule has 0 unspecified atom stereocenters. The van der Waals surface area contributed by atoms with Crippen LogP contribution in [0.5, 0.6) is 0 Å². The van der Waals surface area contributed by atoms with Gasteiger partial charge in [0.05, 0.1) is 10.8 Å². The Hall–Kier alpha value is -5.54. The molecular formula is C52H38S2. The summed E-state index contributed by atoms with van der Waals surface area (Å²) >= 11 is 3.75. The highest BCUT2D eigenvalue weighted by Gasteiger charge is 2.52. The Morgan fingerprint density at radius 1 is 0.333 bits per heavy atom. The van der Waals surface area contributed by atoms with Gasteiger partial charge in [-0.1, -0.05) is 144 Å². The molecule has 258 valence electrons. The zero-order chi connectivity index (χ0) is 36.3. The number of hydrogen-bond acceptors (Lipinski definition) is 2. The van der Waals surface area contributed by atoms with E-state index < -0.39 is 10.8 Å². The quantitative estimate of drug-likeness (QED) is 0.169. The first kappa shape index (κ1) is 31.9. The van der Waals surface area contributed by atoms with Crippen LogP contribution in [0.4, 0.5) is 0 Å². The Morgan fingerprint density at radius 2 is 0.648 bits per heavy atom. The van der Waals surface area contributed by atoms with Gasteiger partial charge in [-0.25, -0.2) is 0 Å². The normalized spacial score (nSPS) is 14.6. The number of thiophene rings is 2. The molecule has 0 radical (unpaired) electrons. The van der Waals surface area contributed by atoms with Crippen LogP contribution in [0.3, 0.4) is 0 Å². The van der Waals surface area contributed by atoms with E-state index >= 15 is 0 Å². The molecule has 0 atom stereocenters. The fourth-order valence-corrected chi connectivity index (χ4v) is 11.9. The summed E-state index contributed by atoms with van der Waals surface area (Å²) in [5.74, 6) is 0. The maximum atomic E-state index is 2.63. The van der Waals surface area contributed by atoms with Crippen LogP contribution in [0.2, 0.25) is 0 Å². The van der Waals surface area contributed by atoms with Crippen LogP contribution in [0, 0.1) is 27.7 Å². The third kappa shape index (κ3) is 4.13. The molecule has 2 aliphatic carbocycles. The van der Waals surface area contributed by atoms with Crippen LogP contribution >= 0.6 is 22.7 Å². The van der Waals surface area contributed by atoms with Crippen LogP contribution in [0.15, 0.2) is 156 Å². The fourth-order valence-electron chi connectivity index (χ4n) is 9.94. The van der Waals surface area contributed by atoms with Crippen LogP contribution in [-0.4, -0.2) is 0 Å². The molecular weight excluding hydrogens is 689 g/mol. The van der Waals surface area contributed by atoms with Gasteiger partial charge in [0.1, 0.15) is 0 Å². The minimum atomic E-state index is -0.498. The van der Waals surface area contributed by atoms with Crippen molar-refractivity contribution in [2.75, 3.05) is 0 Å². The van der Waals surface area contributed by atoms with E-state index in [1.54, 1.807) is 0 Å². The molecule has 0 N–H and O–H groups in total. The molecule has 2 heteroatoms. The topological polar surface area (TPSA) is 0 Å². The van der Waals surface area contributed by atoms with Crippen molar-refractivity contribution < 1.29 is 0 Å². The lowest BCUT2D eigenvalue weighted by Gasteiger charge is -2.35. The van der Waals surface area contributed by atoms with E-state index in [4.69, 9.17) is 0 Å². The molecule has 0 saturated heterocycles. The summed E-state index contributed by atoms with van der Waals surface area (Å²) in [7, 11) is 0. The fraction of sp³-hybridized carbons (Fsp3) is 0.115. The van der Waals surface area contributed by atoms with E-state index in [0.717, 1.165) is 0 Å². The SMILES string of the molecule is Cc1ccc(C2(c3ccc(C)cc3)c3cc4c(cc3-c3c2ccc2ccsc32)C(c2ccc(C)cc2)(c2ccc(C)cc2)c2ccc3ccsc3c2-4)cc1. The van der Waals surface area contributed by atoms with E-state index in [2.05, 4.69) is 184 Å². The van der Waals surface area contributed by atoms with Crippen molar-refractivity contribution in [1.82, 2.24) is 0 Å². The number of aryl methyl sites for hydroxylation is 4. The molecule has 2 heterocycles. The molecule has 0 fully saturated rings. The van der Waals surface area contributed by atoms with Crippen molar-refractivity contribution in [3.05, 3.63) is 223 Å². The maximum Gasteiger partial charge on any atom is 0.0714 e. The minimum absolute atomic E-state index is 0.498. The van der Waals surface area contributed by atoms with Gasteiger partial charge in [0, 0.05) is 20.5 Å². The summed E-state index contributed by atoms with van der Waals surface area (Å²) in [5, 5.41) is 7.14. The van der Waals surface area contributed by atoms with Crippen LogP contribution in [-0.2, 0) is 10.8 Å². The van der Waals surface area contributed by atoms with E-state index in [0.29, 0.717) is 0 Å². The van der Waals surface area contributed by atoms with Crippen molar-refractivity contribution in [3.8, 4) is 22.3 Å².